The summed E-state index contributed by atoms with van der Waals surface area (Å²) < 4.78 is 19.0. The molecule has 1 unspecified atom stereocenters. The zero-order valence-corrected chi connectivity index (χ0v) is 17.5. The van der Waals surface area contributed by atoms with Crippen LogP contribution in [0.4, 0.5) is 4.39 Å². The number of carbonyl (C=O) groups is 1. The molecular weight excluding hydrogens is 411 g/mol. The number of nitrogens with zero attached hydrogens (tertiary/aromatic N) is 3. The lowest BCUT2D eigenvalue weighted by atomic mass is 10.1. The normalized spacial score (nSPS) is 12.0. The van der Waals surface area contributed by atoms with Gasteiger partial charge >= 0.3 is 0 Å². The highest BCUT2D eigenvalue weighted by molar-refractivity contribution is 5.81. The van der Waals surface area contributed by atoms with E-state index in [1.54, 1.807) is 25.1 Å². The molecule has 2 N–H and O–H groups in total. The third-order valence-corrected chi connectivity index (χ3v) is 4.98. The molecule has 0 saturated heterocycles. The maximum Gasteiger partial charge on any atom is 0.261 e. The molecule has 8 heteroatoms. The van der Waals surface area contributed by atoms with E-state index >= 15 is 0 Å². The monoisotopic (exact) mass is 434 g/mol. The van der Waals surface area contributed by atoms with E-state index in [9.17, 15) is 14.3 Å². The molecule has 0 bridgehead atoms. The van der Waals surface area contributed by atoms with Crippen LogP contribution in [0.25, 0.3) is 16.7 Å². The van der Waals surface area contributed by atoms with E-state index in [-0.39, 0.29) is 24.9 Å². The minimum Gasteiger partial charge on any atom is -0.479 e. The predicted octanol–water partition coefficient (Wildman–Crippen LogP) is 3.18. The van der Waals surface area contributed by atoms with E-state index in [1.807, 2.05) is 36.4 Å². The van der Waals surface area contributed by atoms with Crippen molar-refractivity contribution in [1.82, 2.24) is 20.3 Å². The number of nitrogens with one attached hydrogen (secondary N) is 1. The molecule has 1 aromatic heterocycles. The fraction of sp³-hybridized carbons (Fsp3) is 0.208. The first-order valence-electron chi connectivity index (χ1n) is 10.3. The maximum absolute atomic E-state index is 13.0. The second kappa shape index (κ2) is 9.57. The fourth-order valence-corrected chi connectivity index (χ4v) is 3.25. The van der Waals surface area contributed by atoms with Crippen LogP contribution in [-0.2, 0) is 17.8 Å². The first-order chi connectivity index (χ1) is 15.5. The largest absolute Gasteiger partial charge is 0.479 e. The third-order valence-electron chi connectivity index (χ3n) is 4.98. The summed E-state index contributed by atoms with van der Waals surface area (Å²) in [6.07, 6.45) is -0.315. The number of rotatable bonds is 8. The van der Waals surface area contributed by atoms with Crippen molar-refractivity contribution >= 4 is 16.9 Å². The summed E-state index contributed by atoms with van der Waals surface area (Å²) >= 11 is 0. The van der Waals surface area contributed by atoms with Gasteiger partial charge in [-0.05, 0) is 60.9 Å². The number of hydrogen-bond acceptors (Lipinski definition) is 5. The molecule has 4 aromatic rings. The molecule has 3 aromatic carbocycles. The molecule has 1 amide bonds. The Morgan fingerprint density at radius 2 is 1.72 bits per heavy atom. The number of aromatic nitrogens is 3. The van der Waals surface area contributed by atoms with Gasteiger partial charge in [-0.2, -0.15) is 0 Å². The van der Waals surface area contributed by atoms with Crippen LogP contribution in [0.3, 0.4) is 0 Å². The minimum atomic E-state index is -0.789. The van der Waals surface area contributed by atoms with E-state index < -0.39 is 6.10 Å². The van der Waals surface area contributed by atoms with Crippen molar-refractivity contribution < 1.29 is 19.0 Å². The molecule has 0 saturated carbocycles. The molecule has 4 rings (SSSR count). The van der Waals surface area contributed by atoms with E-state index in [1.165, 1.54) is 16.9 Å². The van der Waals surface area contributed by atoms with Gasteiger partial charge in [0.1, 0.15) is 28.3 Å². The standard InChI is InChI=1S/C24H23FN4O3/c1-16(24(31)26-15-18-6-9-19(25)10-7-18)32-23-11-8-17(12-13-30)14-22(23)29-27-20-4-2-3-5-21(20)28-29/h2-11,14,16,30H,12-13,15H2,1H3,(H,26,31). The molecule has 0 fully saturated rings. The van der Waals surface area contributed by atoms with Crippen LogP contribution >= 0.6 is 0 Å². The van der Waals surface area contributed by atoms with Gasteiger partial charge in [-0.3, -0.25) is 4.79 Å². The highest BCUT2D eigenvalue weighted by Gasteiger charge is 2.18. The minimum absolute atomic E-state index is 0.0103. The number of ether oxygens (including phenoxy) is 1. The van der Waals surface area contributed by atoms with Gasteiger partial charge in [-0.25, -0.2) is 4.39 Å². The lowest BCUT2D eigenvalue weighted by Crippen LogP contribution is -2.36. The SMILES string of the molecule is CC(Oc1ccc(CCO)cc1-n1nc2ccccc2n1)C(=O)NCc1ccc(F)cc1. The van der Waals surface area contributed by atoms with Crippen LogP contribution in [0.15, 0.2) is 66.7 Å². The Bertz CT molecular complexity index is 1190. The number of aliphatic hydroxyl groups is 1. The van der Waals surface area contributed by atoms with Crippen molar-refractivity contribution in [3.63, 3.8) is 0 Å². The average Bonchev–Trinajstić information content (AvgIpc) is 3.23. The van der Waals surface area contributed by atoms with Crippen LogP contribution in [0.1, 0.15) is 18.1 Å². The summed E-state index contributed by atoms with van der Waals surface area (Å²) in [5.41, 5.74) is 3.72. The van der Waals surface area contributed by atoms with Gasteiger partial charge in [0.2, 0.25) is 0 Å². The number of benzene rings is 3. The Hall–Kier alpha value is -3.78. The Morgan fingerprint density at radius 1 is 1.06 bits per heavy atom. The van der Waals surface area contributed by atoms with Gasteiger partial charge in [0.25, 0.3) is 5.91 Å². The van der Waals surface area contributed by atoms with Crippen molar-refractivity contribution in [3.8, 4) is 11.4 Å². The van der Waals surface area contributed by atoms with Crippen LogP contribution in [0, 0.1) is 5.82 Å². The highest BCUT2D eigenvalue weighted by Crippen LogP contribution is 2.26. The summed E-state index contributed by atoms with van der Waals surface area (Å²) in [6, 6.07) is 18.9. The first kappa shape index (κ1) is 21.5. The number of aliphatic hydroxyl groups excluding tert-OH is 1. The number of hydrogen-bond donors (Lipinski definition) is 2. The van der Waals surface area contributed by atoms with Crippen LogP contribution in [0.2, 0.25) is 0 Å². The van der Waals surface area contributed by atoms with Crippen LogP contribution < -0.4 is 10.1 Å². The maximum atomic E-state index is 13.0. The summed E-state index contributed by atoms with van der Waals surface area (Å²) in [7, 11) is 0. The summed E-state index contributed by atoms with van der Waals surface area (Å²) in [6.45, 7) is 1.93. The Morgan fingerprint density at radius 3 is 2.38 bits per heavy atom. The van der Waals surface area contributed by atoms with Gasteiger partial charge in [0, 0.05) is 13.2 Å². The summed E-state index contributed by atoms with van der Waals surface area (Å²) in [4.78, 5) is 14.0. The quantitative estimate of drug-likeness (QED) is 0.445. The average molecular weight is 434 g/mol. The zero-order valence-electron chi connectivity index (χ0n) is 17.5. The molecule has 1 heterocycles. The predicted molar refractivity (Wildman–Crippen MR) is 118 cm³/mol. The fourth-order valence-electron chi connectivity index (χ4n) is 3.25. The number of carbonyl (C=O) groups excluding carboxylic acids is 1. The molecule has 0 aliphatic heterocycles. The second-order valence-corrected chi connectivity index (χ2v) is 7.36. The molecular formula is C24H23FN4O3. The summed E-state index contributed by atoms with van der Waals surface area (Å²) in [5.74, 6) is -0.191. The molecule has 164 valence electrons. The second-order valence-electron chi connectivity index (χ2n) is 7.36. The van der Waals surface area contributed by atoms with E-state index in [2.05, 4.69) is 15.5 Å². The van der Waals surface area contributed by atoms with Crippen LogP contribution in [-0.4, -0.2) is 38.7 Å². The van der Waals surface area contributed by atoms with Crippen LogP contribution in [0.5, 0.6) is 5.75 Å². The molecule has 0 aliphatic rings. The Kier molecular flexibility index (Phi) is 6.42. The van der Waals surface area contributed by atoms with Gasteiger partial charge in [-0.1, -0.05) is 30.3 Å². The Labute approximate surface area is 184 Å². The zero-order chi connectivity index (χ0) is 22.5. The molecule has 32 heavy (non-hydrogen) atoms. The number of halogens is 1. The number of fused-ring (bicyclic) bond motifs is 1. The van der Waals surface area contributed by atoms with Crippen molar-refractivity contribution in [3.05, 3.63) is 83.7 Å². The third kappa shape index (κ3) is 4.92. The van der Waals surface area contributed by atoms with E-state index in [0.29, 0.717) is 17.9 Å². The van der Waals surface area contributed by atoms with Gasteiger partial charge in [0.15, 0.2) is 6.10 Å². The summed E-state index contributed by atoms with van der Waals surface area (Å²) in [5, 5.41) is 21.1. The van der Waals surface area contributed by atoms with E-state index in [0.717, 1.165) is 22.2 Å². The van der Waals surface area contributed by atoms with E-state index in [4.69, 9.17) is 4.74 Å². The van der Waals surface area contributed by atoms with Gasteiger partial charge in [-0.15, -0.1) is 15.0 Å². The highest BCUT2D eigenvalue weighted by atomic mass is 19.1. The molecule has 0 radical (unpaired) electrons. The van der Waals surface area contributed by atoms with Gasteiger partial charge in [0.05, 0.1) is 0 Å². The van der Waals surface area contributed by atoms with Crippen molar-refractivity contribution in [2.24, 2.45) is 0 Å². The Balaban J connectivity index is 1.54. The topological polar surface area (TPSA) is 89.3 Å². The number of amides is 1. The molecule has 0 spiro atoms. The molecule has 0 aliphatic carbocycles. The van der Waals surface area contributed by atoms with Crippen molar-refractivity contribution in [1.29, 1.82) is 0 Å². The molecule has 1 atom stereocenters. The smallest absolute Gasteiger partial charge is 0.261 e. The lowest BCUT2D eigenvalue weighted by Gasteiger charge is -2.17. The lowest BCUT2D eigenvalue weighted by molar-refractivity contribution is -0.127. The molecule has 7 nitrogen and oxygen atoms in total. The van der Waals surface area contributed by atoms with Gasteiger partial charge < -0.3 is 15.2 Å². The van der Waals surface area contributed by atoms with Crippen molar-refractivity contribution in [2.75, 3.05) is 6.61 Å². The first-order valence-corrected chi connectivity index (χ1v) is 10.3. The van der Waals surface area contributed by atoms with Crippen molar-refractivity contribution in [2.45, 2.75) is 26.0 Å².